The summed E-state index contributed by atoms with van der Waals surface area (Å²) >= 11 is 0. The van der Waals surface area contributed by atoms with Gasteiger partial charge in [-0.05, 0) is 59.4 Å². The van der Waals surface area contributed by atoms with E-state index < -0.39 is 0 Å². The number of rotatable bonds is 5. The van der Waals surface area contributed by atoms with Gasteiger partial charge in [0.1, 0.15) is 0 Å². The van der Waals surface area contributed by atoms with Crippen molar-refractivity contribution in [3.63, 3.8) is 0 Å². The number of aromatic nitrogens is 3. The summed E-state index contributed by atoms with van der Waals surface area (Å²) in [5.74, 6) is 0. The van der Waals surface area contributed by atoms with E-state index in [1.54, 1.807) is 5.57 Å². The van der Waals surface area contributed by atoms with Gasteiger partial charge in [-0.25, -0.2) is 4.68 Å². The van der Waals surface area contributed by atoms with Gasteiger partial charge in [0, 0.05) is 6.54 Å². The zero-order valence-electron chi connectivity index (χ0n) is 12.4. The van der Waals surface area contributed by atoms with Crippen LogP contribution in [0.1, 0.15) is 58.6 Å². The normalized spacial score (nSPS) is 16.5. The van der Waals surface area contributed by atoms with E-state index in [0.717, 1.165) is 18.8 Å². The molecule has 4 nitrogen and oxygen atoms in total. The van der Waals surface area contributed by atoms with Crippen LogP contribution in [0.2, 0.25) is 0 Å². The summed E-state index contributed by atoms with van der Waals surface area (Å²) in [4.78, 5) is 0. The minimum absolute atomic E-state index is 0.0121. The van der Waals surface area contributed by atoms with Crippen molar-refractivity contribution in [2.45, 2.75) is 65.0 Å². The van der Waals surface area contributed by atoms with Crippen molar-refractivity contribution in [3.8, 4) is 0 Å². The molecule has 1 aromatic rings. The number of hydrogen-bond donors (Lipinski definition) is 1. The highest BCUT2D eigenvalue weighted by Crippen LogP contribution is 2.19. The summed E-state index contributed by atoms with van der Waals surface area (Å²) < 4.78 is 1.92. The SMILES string of the molecule is CC(C)(C)n1cc(CNCCC2=CCCCC2)nn1. The Bertz CT molecular complexity index is 426. The molecule has 0 saturated carbocycles. The molecule has 1 aliphatic rings. The Morgan fingerprint density at radius 2 is 2.16 bits per heavy atom. The fourth-order valence-electron chi connectivity index (χ4n) is 2.30. The topological polar surface area (TPSA) is 42.7 Å². The zero-order chi connectivity index (χ0) is 13.7. The van der Waals surface area contributed by atoms with E-state index in [-0.39, 0.29) is 5.54 Å². The Morgan fingerprint density at radius 3 is 2.79 bits per heavy atom. The highest BCUT2D eigenvalue weighted by atomic mass is 15.4. The Hall–Kier alpha value is -1.16. The molecular weight excluding hydrogens is 236 g/mol. The van der Waals surface area contributed by atoms with E-state index >= 15 is 0 Å². The lowest BCUT2D eigenvalue weighted by Gasteiger charge is -2.17. The van der Waals surface area contributed by atoms with Crippen molar-refractivity contribution in [1.82, 2.24) is 20.3 Å². The zero-order valence-corrected chi connectivity index (χ0v) is 12.4. The third-order valence-electron chi connectivity index (χ3n) is 3.54. The second-order valence-corrected chi connectivity index (χ2v) is 6.36. The molecule has 1 heterocycles. The van der Waals surface area contributed by atoms with Gasteiger partial charge < -0.3 is 5.32 Å². The molecule has 0 radical (unpaired) electrons. The van der Waals surface area contributed by atoms with Crippen LogP contribution < -0.4 is 5.32 Å². The molecule has 1 N–H and O–H groups in total. The highest BCUT2D eigenvalue weighted by Gasteiger charge is 2.14. The first kappa shape index (κ1) is 14.3. The van der Waals surface area contributed by atoms with Gasteiger partial charge >= 0.3 is 0 Å². The Morgan fingerprint density at radius 1 is 1.32 bits per heavy atom. The Balaban J connectivity index is 1.71. The number of allylic oxidation sites excluding steroid dienone is 1. The van der Waals surface area contributed by atoms with Crippen LogP contribution >= 0.6 is 0 Å². The maximum Gasteiger partial charge on any atom is 0.0965 e. The molecule has 0 unspecified atom stereocenters. The molecule has 19 heavy (non-hydrogen) atoms. The van der Waals surface area contributed by atoms with Gasteiger partial charge in [0.25, 0.3) is 0 Å². The fourth-order valence-corrected chi connectivity index (χ4v) is 2.30. The molecule has 106 valence electrons. The van der Waals surface area contributed by atoms with Crippen LogP contribution in [0.5, 0.6) is 0 Å². The molecule has 0 atom stereocenters. The van der Waals surface area contributed by atoms with E-state index in [4.69, 9.17) is 0 Å². The van der Waals surface area contributed by atoms with Crippen molar-refractivity contribution in [2.24, 2.45) is 0 Å². The van der Waals surface area contributed by atoms with E-state index in [0.29, 0.717) is 0 Å². The minimum atomic E-state index is 0.0121. The molecule has 0 amide bonds. The van der Waals surface area contributed by atoms with Crippen LogP contribution in [0.4, 0.5) is 0 Å². The third kappa shape index (κ3) is 4.46. The average molecular weight is 262 g/mol. The van der Waals surface area contributed by atoms with Crippen LogP contribution in [0.25, 0.3) is 0 Å². The van der Waals surface area contributed by atoms with E-state index in [2.05, 4.69) is 42.5 Å². The van der Waals surface area contributed by atoms with Gasteiger partial charge in [-0.3, -0.25) is 0 Å². The van der Waals surface area contributed by atoms with Crippen LogP contribution in [-0.2, 0) is 12.1 Å². The summed E-state index contributed by atoms with van der Waals surface area (Å²) in [6, 6.07) is 0. The molecule has 1 aliphatic carbocycles. The maximum absolute atomic E-state index is 4.20. The van der Waals surface area contributed by atoms with Gasteiger partial charge in [0.15, 0.2) is 0 Å². The van der Waals surface area contributed by atoms with Gasteiger partial charge in [0.2, 0.25) is 0 Å². The average Bonchev–Trinajstić information content (AvgIpc) is 2.85. The van der Waals surface area contributed by atoms with Gasteiger partial charge in [0.05, 0.1) is 17.4 Å². The highest BCUT2D eigenvalue weighted by molar-refractivity contribution is 5.05. The van der Waals surface area contributed by atoms with Crippen molar-refractivity contribution in [1.29, 1.82) is 0 Å². The second-order valence-electron chi connectivity index (χ2n) is 6.36. The quantitative estimate of drug-likeness (QED) is 0.655. The Kier molecular flexibility index (Phi) is 4.75. The van der Waals surface area contributed by atoms with Crippen molar-refractivity contribution in [2.75, 3.05) is 6.54 Å². The molecule has 1 aromatic heterocycles. The number of hydrogen-bond acceptors (Lipinski definition) is 3. The molecule has 0 fully saturated rings. The molecular formula is C15H26N4. The van der Waals surface area contributed by atoms with E-state index in [1.165, 1.54) is 32.1 Å². The lowest BCUT2D eigenvalue weighted by molar-refractivity contribution is 0.347. The smallest absolute Gasteiger partial charge is 0.0965 e. The molecule has 2 rings (SSSR count). The summed E-state index contributed by atoms with van der Waals surface area (Å²) in [5, 5.41) is 11.8. The summed E-state index contributed by atoms with van der Waals surface area (Å²) in [6.07, 6.45) is 10.9. The molecule has 0 bridgehead atoms. The van der Waals surface area contributed by atoms with Gasteiger partial charge in [-0.15, -0.1) is 5.10 Å². The predicted molar refractivity (Wildman–Crippen MR) is 77.9 cm³/mol. The molecule has 0 aromatic carbocycles. The van der Waals surface area contributed by atoms with E-state index in [1.807, 2.05) is 10.9 Å². The van der Waals surface area contributed by atoms with Crippen molar-refractivity contribution < 1.29 is 0 Å². The molecule has 0 aliphatic heterocycles. The second kappa shape index (κ2) is 6.33. The molecule has 4 heteroatoms. The first-order chi connectivity index (χ1) is 9.05. The fraction of sp³-hybridized carbons (Fsp3) is 0.733. The third-order valence-corrected chi connectivity index (χ3v) is 3.54. The van der Waals surface area contributed by atoms with Crippen LogP contribution in [0.15, 0.2) is 17.8 Å². The predicted octanol–water partition coefficient (Wildman–Crippen LogP) is 3.01. The lowest BCUT2D eigenvalue weighted by atomic mass is 9.97. The minimum Gasteiger partial charge on any atom is -0.311 e. The van der Waals surface area contributed by atoms with Crippen molar-refractivity contribution >= 4 is 0 Å². The molecule has 0 spiro atoms. The summed E-state index contributed by atoms with van der Waals surface area (Å²) in [7, 11) is 0. The Labute approximate surface area is 116 Å². The van der Waals surface area contributed by atoms with Crippen LogP contribution in [0, 0.1) is 0 Å². The first-order valence-corrected chi connectivity index (χ1v) is 7.36. The lowest BCUT2D eigenvalue weighted by Crippen LogP contribution is -2.22. The summed E-state index contributed by atoms with van der Waals surface area (Å²) in [6.45, 7) is 8.24. The van der Waals surface area contributed by atoms with Crippen molar-refractivity contribution in [3.05, 3.63) is 23.5 Å². The number of nitrogens with zero attached hydrogens (tertiary/aromatic N) is 3. The molecule has 0 saturated heterocycles. The van der Waals surface area contributed by atoms with E-state index in [9.17, 15) is 0 Å². The maximum atomic E-state index is 4.20. The van der Waals surface area contributed by atoms with Crippen LogP contribution in [0.3, 0.4) is 0 Å². The van der Waals surface area contributed by atoms with Crippen LogP contribution in [-0.4, -0.2) is 21.5 Å². The summed E-state index contributed by atoms with van der Waals surface area (Å²) in [5.41, 5.74) is 2.66. The number of nitrogens with one attached hydrogen (secondary N) is 1. The monoisotopic (exact) mass is 262 g/mol. The van der Waals surface area contributed by atoms with Gasteiger partial charge in [-0.1, -0.05) is 16.9 Å². The largest absolute Gasteiger partial charge is 0.311 e. The first-order valence-electron chi connectivity index (χ1n) is 7.36. The van der Waals surface area contributed by atoms with Gasteiger partial charge in [-0.2, -0.15) is 0 Å². The standard InChI is InChI=1S/C15H26N4/c1-15(2,3)19-12-14(17-18-19)11-16-10-9-13-7-5-4-6-8-13/h7,12,16H,4-6,8-11H2,1-3H3.